The number of ether oxygens (including phenoxy) is 2. The van der Waals surface area contributed by atoms with Gasteiger partial charge in [0.05, 0.1) is 31.9 Å². The average Bonchev–Trinajstić information content (AvgIpc) is 3.54. The molecule has 0 spiro atoms. The average molecular weight is 544 g/mol. The van der Waals surface area contributed by atoms with Gasteiger partial charge in [0.15, 0.2) is 11.6 Å². The van der Waals surface area contributed by atoms with Crippen molar-refractivity contribution in [1.29, 1.82) is 0 Å². The zero-order valence-corrected chi connectivity index (χ0v) is 21.8. The first-order valence-electron chi connectivity index (χ1n) is 11.8. The standard InChI is InChI=1S/C24H26FN7O5S/c1-15-9-10-20(37-15)22-28-29-24(32(22)21-18(35-2)7-4-8-19(21)36-3)30-38(33,34)17-6-5-11-31(14-17)23-26-12-16(25)13-27-23/h4,7-10,12-13,17H,5-6,11,14H2,1-3H3,(H,29,30)/t17-/m0/s1. The molecule has 12 nitrogen and oxygen atoms in total. The van der Waals surface area contributed by atoms with Gasteiger partial charge in [0, 0.05) is 13.1 Å². The Morgan fingerprint density at radius 3 is 2.42 bits per heavy atom. The van der Waals surface area contributed by atoms with Gasteiger partial charge in [-0.3, -0.25) is 9.29 Å². The lowest BCUT2D eigenvalue weighted by molar-refractivity contribution is 0.391. The summed E-state index contributed by atoms with van der Waals surface area (Å²) in [6.07, 6.45) is 3.10. The molecule has 0 amide bonds. The van der Waals surface area contributed by atoms with E-state index in [-0.39, 0.29) is 24.3 Å². The van der Waals surface area contributed by atoms with E-state index in [2.05, 4.69) is 24.9 Å². The van der Waals surface area contributed by atoms with Gasteiger partial charge in [-0.15, -0.1) is 10.2 Å². The smallest absolute Gasteiger partial charge is 0.243 e. The van der Waals surface area contributed by atoms with Crippen LogP contribution in [0, 0.1) is 12.7 Å². The van der Waals surface area contributed by atoms with E-state index in [1.807, 2.05) is 0 Å². The van der Waals surface area contributed by atoms with Crippen LogP contribution in [0.25, 0.3) is 17.3 Å². The summed E-state index contributed by atoms with van der Waals surface area (Å²) in [5.41, 5.74) is 0.397. The molecule has 0 unspecified atom stereocenters. The maximum atomic E-state index is 13.6. The lowest BCUT2D eigenvalue weighted by Crippen LogP contribution is -2.45. The minimum absolute atomic E-state index is 0.0630. The largest absolute Gasteiger partial charge is 0.494 e. The number of furan rings is 1. The molecule has 1 fully saturated rings. The molecule has 1 N–H and O–H groups in total. The Hall–Kier alpha value is -4.20. The number of hydrogen-bond donors (Lipinski definition) is 1. The molecule has 1 atom stereocenters. The molecule has 1 saturated heterocycles. The van der Waals surface area contributed by atoms with E-state index in [9.17, 15) is 12.8 Å². The molecule has 200 valence electrons. The molecule has 1 aromatic carbocycles. The summed E-state index contributed by atoms with van der Waals surface area (Å²) >= 11 is 0. The third-order valence-corrected chi connectivity index (χ3v) is 7.92. The molecule has 3 aromatic heterocycles. The molecule has 0 bridgehead atoms. The third-order valence-electron chi connectivity index (χ3n) is 6.19. The Morgan fingerprint density at radius 2 is 1.79 bits per heavy atom. The van der Waals surface area contributed by atoms with Crippen LogP contribution in [0.1, 0.15) is 18.6 Å². The Kier molecular flexibility index (Phi) is 6.89. The van der Waals surface area contributed by atoms with Crippen LogP contribution in [0.4, 0.5) is 16.3 Å². The number of piperidine rings is 1. The lowest BCUT2D eigenvalue weighted by atomic mass is 10.1. The molecular formula is C24H26FN7O5S. The molecule has 0 radical (unpaired) electrons. The van der Waals surface area contributed by atoms with Gasteiger partial charge in [-0.05, 0) is 44.0 Å². The van der Waals surface area contributed by atoms with Crippen molar-refractivity contribution in [3.05, 3.63) is 54.3 Å². The molecule has 1 aliphatic rings. The molecule has 4 heterocycles. The highest BCUT2D eigenvalue weighted by molar-refractivity contribution is 7.93. The number of hydrogen-bond acceptors (Lipinski definition) is 10. The molecule has 4 aromatic rings. The Bertz CT molecular complexity index is 1520. The van der Waals surface area contributed by atoms with Crippen molar-refractivity contribution in [2.24, 2.45) is 0 Å². The molecule has 0 saturated carbocycles. The summed E-state index contributed by atoms with van der Waals surface area (Å²) < 4.78 is 61.6. The van der Waals surface area contributed by atoms with Crippen LogP contribution in [0.2, 0.25) is 0 Å². The summed E-state index contributed by atoms with van der Waals surface area (Å²) in [7, 11) is -0.981. The first-order chi connectivity index (χ1) is 18.3. The van der Waals surface area contributed by atoms with Gasteiger partial charge in [0.1, 0.15) is 22.9 Å². The first kappa shape index (κ1) is 25.4. The van der Waals surface area contributed by atoms with Gasteiger partial charge in [0.25, 0.3) is 0 Å². The predicted molar refractivity (Wildman–Crippen MR) is 137 cm³/mol. The number of methoxy groups -OCH3 is 2. The summed E-state index contributed by atoms with van der Waals surface area (Å²) in [5, 5.41) is 7.59. The summed E-state index contributed by atoms with van der Waals surface area (Å²) in [6, 6.07) is 8.67. The van der Waals surface area contributed by atoms with Gasteiger partial charge in [-0.2, -0.15) is 0 Å². The topological polar surface area (TPSA) is 138 Å². The second-order valence-corrected chi connectivity index (χ2v) is 10.6. The van der Waals surface area contributed by atoms with Gasteiger partial charge in [-0.25, -0.2) is 22.8 Å². The van der Waals surface area contributed by atoms with Crippen LogP contribution in [-0.4, -0.2) is 65.7 Å². The predicted octanol–water partition coefficient (Wildman–Crippen LogP) is 3.19. The molecule has 1 aliphatic heterocycles. The van der Waals surface area contributed by atoms with Crippen molar-refractivity contribution < 1.29 is 26.7 Å². The number of anilines is 2. The van der Waals surface area contributed by atoms with Crippen LogP contribution in [0.15, 0.2) is 47.1 Å². The lowest BCUT2D eigenvalue weighted by Gasteiger charge is -2.32. The molecule has 38 heavy (non-hydrogen) atoms. The summed E-state index contributed by atoms with van der Waals surface area (Å²) in [4.78, 5) is 9.71. The van der Waals surface area contributed by atoms with Crippen LogP contribution in [0.3, 0.4) is 0 Å². The van der Waals surface area contributed by atoms with Gasteiger partial charge >= 0.3 is 0 Å². The number of halogens is 1. The number of sulfonamides is 1. The minimum atomic E-state index is -3.98. The Balaban J connectivity index is 1.54. The molecular weight excluding hydrogens is 517 g/mol. The summed E-state index contributed by atoms with van der Waals surface area (Å²) in [5.74, 6) is 1.74. The van der Waals surface area contributed by atoms with E-state index in [4.69, 9.17) is 13.9 Å². The highest BCUT2D eigenvalue weighted by Gasteiger charge is 2.34. The second-order valence-electron chi connectivity index (χ2n) is 8.66. The molecule has 0 aliphatic carbocycles. The molecule has 14 heteroatoms. The van der Waals surface area contributed by atoms with Crippen molar-refractivity contribution in [3.8, 4) is 28.8 Å². The van der Waals surface area contributed by atoms with Crippen molar-refractivity contribution in [3.63, 3.8) is 0 Å². The number of benzene rings is 1. The number of nitrogens with one attached hydrogen (secondary N) is 1. The number of rotatable bonds is 8. The van der Waals surface area contributed by atoms with E-state index in [1.165, 1.54) is 18.8 Å². The van der Waals surface area contributed by atoms with E-state index in [0.29, 0.717) is 48.1 Å². The maximum absolute atomic E-state index is 13.6. The summed E-state index contributed by atoms with van der Waals surface area (Å²) in [6.45, 7) is 2.46. The van der Waals surface area contributed by atoms with E-state index in [0.717, 1.165) is 12.4 Å². The van der Waals surface area contributed by atoms with Gasteiger partial charge in [0.2, 0.25) is 27.7 Å². The number of aromatic nitrogens is 5. The fraction of sp³-hybridized carbons (Fsp3) is 0.333. The van der Waals surface area contributed by atoms with E-state index in [1.54, 1.807) is 42.2 Å². The van der Waals surface area contributed by atoms with Crippen LogP contribution >= 0.6 is 0 Å². The quantitative estimate of drug-likeness (QED) is 0.353. The second kappa shape index (κ2) is 10.3. The van der Waals surface area contributed by atoms with Crippen molar-refractivity contribution >= 4 is 21.9 Å². The van der Waals surface area contributed by atoms with E-state index < -0.39 is 21.1 Å². The van der Waals surface area contributed by atoms with Crippen molar-refractivity contribution in [1.82, 2.24) is 24.7 Å². The number of aryl methyl sites for hydroxylation is 1. The van der Waals surface area contributed by atoms with Gasteiger partial charge < -0.3 is 18.8 Å². The first-order valence-corrected chi connectivity index (χ1v) is 13.3. The van der Waals surface area contributed by atoms with Crippen LogP contribution in [-0.2, 0) is 10.0 Å². The van der Waals surface area contributed by atoms with Gasteiger partial charge in [-0.1, -0.05) is 6.07 Å². The van der Waals surface area contributed by atoms with Crippen molar-refractivity contribution in [2.75, 3.05) is 36.9 Å². The fourth-order valence-corrected chi connectivity index (χ4v) is 5.79. The van der Waals surface area contributed by atoms with E-state index >= 15 is 0 Å². The highest BCUT2D eigenvalue weighted by atomic mass is 32.2. The SMILES string of the molecule is COc1cccc(OC)c1-n1c(NS(=O)(=O)[C@H]2CCCN(c3ncc(F)cn3)C2)nnc1-c1ccc(C)o1. The number of para-hydroxylation sites is 1. The zero-order valence-electron chi connectivity index (χ0n) is 21.0. The monoisotopic (exact) mass is 543 g/mol. The fourth-order valence-electron chi connectivity index (χ4n) is 4.38. The zero-order chi connectivity index (χ0) is 26.9. The highest BCUT2D eigenvalue weighted by Crippen LogP contribution is 2.38. The maximum Gasteiger partial charge on any atom is 0.243 e. The number of nitrogens with zero attached hydrogens (tertiary/aromatic N) is 6. The molecule has 5 rings (SSSR count). The third kappa shape index (κ3) is 4.86. The van der Waals surface area contributed by atoms with Crippen LogP contribution < -0.4 is 19.1 Å². The van der Waals surface area contributed by atoms with Crippen LogP contribution in [0.5, 0.6) is 11.5 Å². The Labute approximate surface area is 218 Å². The normalized spacial score (nSPS) is 15.9. The minimum Gasteiger partial charge on any atom is -0.494 e. The van der Waals surface area contributed by atoms with Crippen molar-refractivity contribution in [2.45, 2.75) is 25.0 Å². The Morgan fingerprint density at radius 1 is 1.08 bits per heavy atom.